The molecule has 1 aliphatic carbocycles. The quantitative estimate of drug-likeness (QED) is 0.890. The molecule has 0 radical (unpaired) electrons. The molecule has 26 heavy (non-hydrogen) atoms. The SMILES string of the molecule is O=C(NC1CCOC2(CCN(C(=O)Cc3ccccn3)CC2)C1)C1CC1. The number of likely N-dealkylation sites (tertiary alicyclic amines) is 1. The van der Waals surface area contributed by atoms with Crippen LogP contribution in [0.1, 0.15) is 44.2 Å². The van der Waals surface area contributed by atoms with E-state index in [-0.39, 0.29) is 29.4 Å². The first-order valence-corrected chi connectivity index (χ1v) is 9.76. The van der Waals surface area contributed by atoms with Gasteiger partial charge in [-0.3, -0.25) is 14.6 Å². The van der Waals surface area contributed by atoms with Crippen LogP contribution in [0.2, 0.25) is 0 Å². The second-order valence-corrected chi connectivity index (χ2v) is 7.88. The maximum Gasteiger partial charge on any atom is 0.228 e. The van der Waals surface area contributed by atoms with Gasteiger partial charge in [0.2, 0.25) is 11.8 Å². The van der Waals surface area contributed by atoms with Gasteiger partial charge in [-0.05, 0) is 50.7 Å². The molecule has 1 aromatic heterocycles. The molecular formula is C20H27N3O3. The fraction of sp³-hybridized carbons (Fsp3) is 0.650. The maximum atomic E-state index is 12.5. The number of amides is 2. The Morgan fingerprint density at radius 3 is 2.73 bits per heavy atom. The van der Waals surface area contributed by atoms with E-state index in [1.54, 1.807) is 6.20 Å². The summed E-state index contributed by atoms with van der Waals surface area (Å²) in [5, 5.41) is 3.21. The molecule has 2 aliphatic heterocycles. The summed E-state index contributed by atoms with van der Waals surface area (Å²) >= 11 is 0. The number of ether oxygens (including phenoxy) is 1. The molecule has 3 fully saturated rings. The predicted octanol–water partition coefficient (Wildman–Crippen LogP) is 1.69. The molecule has 3 heterocycles. The van der Waals surface area contributed by atoms with E-state index in [0.29, 0.717) is 13.0 Å². The lowest BCUT2D eigenvalue weighted by atomic mass is 9.82. The minimum absolute atomic E-state index is 0.132. The molecule has 3 aliphatic rings. The molecule has 2 saturated heterocycles. The lowest BCUT2D eigenvalue weighted by Gasteiger charge is -2.46. The van der Waals surface area contributed by atoms with Gasteiger partial charge in [0.1, 0.15) is 0 Å². The molecule has 6 nitrogen and oxygen atoms in total. The first-order valence-electron chi connectivity index (χ1n) is 9.76. The summed E-state index contributed by atoms with van der Waals surface area (Å²) in [6.45, 7) is 2.13. The van der Waals surface area contributed by atoms with Crippen molar-refractivity contribution in [2.24, 2.45) is 5.92 Å². The average Bonchev–Trinajstić information content (AvgIpc) is 3.48. The summed E-state index contributed by atoms with van der Waals surface area (Å²) in [6, 6.07) is 5.87. The standard InChI is InChI=1S/C20H27N3O3/c24-18(13-16-3-1-2-9-21-16)23-10-7-20(8-11-23)14-17(6-12-26-20)22-19(25)15-4-5-15/h1-3,9,15,17H,4-8,10-14H2,(H,22,25). The number of nitrogens with one attached hydrogen (secondary N) is 1. The van der Waals surface area contributed by atoms with Crippen molar-refractivity contribution in [3.8, 4) is 0 Å². The van der Waals surface area contributed by atoms with Crippen molar-refractivity contribution in [1.82, 2.24) is 15.2 Å². The van der Waals surface area contributed by atoms with Crippen LogP contribution in [-0.2, 0) is 20.7 Å². The zero-order valence-electron chi connectivity index (χ0n) is 15.2. The fourth-order valence-corrected chi connectivity index (χ4v) is 4.10. The monoisotopic (exact) mass is 357 g/mol. The molecule has 6 heteroatoms. The third-order valence-corrected chi connectivity index (χ3v) is 5.87. The fourth-order valence-electron chi connectivity index (χ4n) is 4.10. The normalized spacial score (nSPS) is 25.1. The molecule has 2 amide bonds. The van der Waals surface area contributed by atoms with Crippen LogP contribution in [0.5, 0.6) is 0 Å². The van der Waals surface area contributed by atoms with Crippen LogP contribution >= 0.6 is 0 Å². The number of pyridine rings is 1. The Balaban J connectivity index is 1.29. The lowest BCUT2D eigenvalue weighted by molar-refractivity contribution is -0.145. The van der Waals surface area contributed by atoms with Crippen LogP contribution in [0.4, 0.5) is 0 Å². The van der Waals surface area contributed by atoms with E-state index < -0.39 is 0 Å². The minimum atomic E-state index is -0.179. The Bertz CT molecular complexity index is 652. The van der Waals surface area contributed by atoms with E-state index in [1.807, 2.05) is 23.1 Å². The molecule has 4 rings (SSSR count). The Morgan fingerprint density at radius 1 is 1.23 bits per heavy atom. The van der Waals surface area contributed by atoms with Crippen LogP contribution in [0, 0.1) is 5.92 Å². The summed E-state index contributed by atoms with van der Waals surface area (Å²) in [6.07, 6.45) is 7.60. The molecule has 1 aromatic rings. The number of rotatable bonds is 4. The van der Waals surface area contributed by atoms with Gasteiger partial charge >= 0.3 is 0 Å². The van der Waals surface area contributed by atoms with Crippen molar-refractivity contribution in [2.45, 2.75) is 56.6 Å². The highest BCUT2D eigenvalue weighted by Gasteiger charge is 2.42. The molecule has 140 valence electrons. The predicted molar refractivity (Wildman–Crippen MR) is 96.3 cm³/mol. The van der Waals surface area contributed by atoms with Crippen molar-refractivity contribution in [3.05, 3.63) is 30.1 Å². The number of piperidine rings is 1. The minimum Gasteiger partial charge on any atom is -0.375 e. The van der Waals surface area contributed by atoms with Gasteiger partial charge in [0.05, 0.1) is 12.0 Å². The van der Waals surface area contributed by atoms with E-state index in [9.17, 15) is 9.59 Å². The van der Waals surface area contributed by atoms with Crippen LogP contribution < -0.4 is 5.32 Å². The molecule has 1 unspecified atom stereocenters. The number of hydrogen-bond acceptors (Lipinski definition) is 4. The number of carbonyl (C=O) groups excluding carboxylic acids is 2. The van der Waals surface area contributed by atoms with Crippen molar-refractivity contribution in [3.63, 3.8) is 0 Å². The lowest BCUT2D eigenvalue weighted by Crippen LogP contribution is -2.54. The second kappa shape index (κ2) is 7.35. The van der Waals surface area contributed by atoms with Crippen molar-refractivity contribution in [1.29, 1.82) is 0 Å². The van der Waals surface area contributed by atoms with E-state index >= 15 is 0 Å². The molecular weight excluding hydrogens is 330 g/mol. The zero-order valence-corrected chi connectivity index (χ0v) is 15.2. The summed E-state index contributed by atoms with van der Waals surface area (Å²) in [5.74, 6) is 0.600. The highest BCUT2D eigenvalue weighted by atomic mass is 16.5. The molecule has 1 spiro atoms. The highest BCUT2D eigenvalue weighted by Crippen LogP contribution is 2.36. The first-order chi connectivity index (χ1) is 12.6. The van der Waals surface area contributed by atoms with Gasteiger partial charge in [-0.1, -0.05) is 6.07 Å². The summed E-state index contributed by atoms with van der Waals surface area (Å²) in [7, 11) is 0. The number of aromatic nitrogens is 1. The van der Waals surface area contributed by atoms with Gasteiger partial charge in [-0.2, -0.15) is 0 Å². The van der Waals surface area contributed by atoms with Gasteiger partial charge in [-0.25, -0.2) is 0 Å². The van der Waals surface area contributed by atoms with E-state index in [1.165, 1.54) is 0 Å². The van der Waals surface area contributed by atoms with Crippen LogP contribution in [0.25, 0.3) is 0 Å². The summed E-state index contributed by atoms with van der Waals surface area (Å²) in [4.78, 5) is 30.7. The molecule has 1 N–H and O–H groups in total. The van der Waals surface area contributed by atoms with Crippen molar-refractivity contribution >= 4 is 11.8 Å². The molecule has 0 aromatic carbocycles. The van der Waals surface area contributed by atoms with Crippen LogP contribution in [-0.4, -0.2) is 53.0 Å². The Morgan fingerprint density at radius 2 is 2.04 bits per heavy atom. The average molecular weight is 357 g/mol. The molecule has 1 atom stereocenters. The van der Waals surface area contributed by atoms with Gasteiger partial charge in [-0.15, -0.1) is 0 Å². The Kier molecular flexibility index (Phi) is 4.94. The van der Waals surface area contributed by atoms with Crippen LogP contribution in [0.3, 0.4) is 0 Å². The smallest absolute Gasteiger partial charge is 0.228 e. The van der Waals surface area contributed by atoms with Crippen LogP contribution in [0.15, 0.2) is 24.4 Å². The van der Waals surface area contributed by atoms with Gasteiger partial charge in [0, 0.05) is 43.5 Å². The van der Waals surface area contributed by atoms with Crippen molar-refractivity contribution in [2.75, 3.05) is 19.7 Å². The second-order valence-electron chi connectivity index (χ2n) is 7.88. The van der Waals surface area contributed by atoms with Gasteiger partial charge in [0.15, 0.2) is 0 Å². The van der Waals surface area contributed by atoms with E-state index in [2.05, 4.69) is 10.3 Å². The Hall–Kier alpha value is -1.95. The number of hydrogen-bond donors (Lipinski definition) is 1. The van der Waals surface area contributed by atoms with E-state index in [0.717, 1.165) is 57.3 Å². The van der Waals surface area contributed by atoms with Gasteiger partial charge in [0.25, 0.3) is 0 Å². The topological polar surface area (TPSA) is 71.5 Å². The van der Waals surface area contributed by atoms with Gasteiger partial charge < -0.3 is 15.0 Å². The molecule has 0 bridgehead atoms. The first kappa shape index (κ1) is 17.5. The largest absolute Gasteiger partial charge is 0.375 e. The number of nitrogens with zero attached hydrogens (tertiary/aromatic N) is 2. The molecule has 1 saturated carbocycles. The zero-order chi connectivity index (χ0) is 18.0. The summed E-state index contributed by atoms with van der Waals surface area (Å²) in [5.41, 5.74) is 0.635. The summed E-state index contributed by atoms with van der Waals surface area (Å²) < 4.78 is 6.14. The van der Waals surface area contributed by atoms with Crippen molar-refractivity contribution < 1.29 is 14.3 Å². The van der Waals surface area contributed by atoms with E-state index in [4.69, 9.17) is 4.74 Å². The third-order valence-electron chi connectivity index (χ3n) is 5.87. The maximum absolute atomic E-state index is 12.5. The third kappa shape index (κ3) is 4.06. The number of carbonyl (C=O) groups is 2. The highest BCUT2D eigenvalue weighted by molar-refractivity contribution is 5.81. The Labute approximate surface area is 154 Å².